The Hall–Kier alpha value is -0.530. The fourth-order valence-corrected chi connectivity index (χ4v) is 1.09. The van der Waals surface area contributed by atoms with Gasteiger partial charge in [0, 0.05) is 14.2 Å². The van der Waals surface area contributed by atoms with E-state index in [0.717, 1.165) is 0 Å². The Morgan fingerprint density at radius 3 is 2.14 bits per heavy atom. The minimum Gasteiger partial charge on any atom is -0.394 e. The number of hydrogen-bond donors (Lipinski definition) is 3. The number of carbonyl (C=O) groups is 1. The van der Waals surface area contributed by atoms with Gasteiger partial charge in [-0.05, 0) is 0 Å². The molecule has 0 aromatic carbocycles. The molecule has 0 heterocycles. The second-order valence-electron chi connectivity index (χ2n) is 2.77. The molecule has 6 heteroatoms. The number of carbonyl (C=O) groups excluding carboxylic acids is 1. The second kappa shape index (κ2) is 6.86. The third-order valence-electron chi connectivity index (χ3n) is 1.95. The molecule has 0 fully saturated rings. The van der Waals surface area contributed by atoms with E-state index in [1.165, 1.54) is 14.2 Å². The first kappa shape index (κ1) is 13.5. The fourth-order valence-electron chi connectivity index (χ4n) is 1.09. The van der Waals surface area contributed by atoms with Crippen LogP contribution in [0.15, 0.2) is 0 Å². The van der Waals surface area contributed by atoms with Gasteiger partial charge in [-0.15, -0.1) is 0 Å². The molecule has 0 bridgehead atoms. The van der Waals surface area contributed by atoms with Crippen molar-refractivity contribution in [2.45, 2.75) is 24.4 Å². The highest BCUT2D eigenvalue weighted by atomic mass is 16.5. The summed E-state index contributed by atoms with van der Waals surface area (Å²) in [5.74, 6) is 0. The molecule has 0 spiro atoms. The van der Waals surface area contributed by atoms with E-state index in [-0.39, 0.29) is 6.29 Å². The van der Waals surface area contributed by atoms with E-state index in [2.05, 4.69) is 0 Å². The van der Waals surface area contributed by atoms with Gasteiger partial charge >= 0.3 is 0 Å². The summed E-state index contributed by atoms with van der Waals surface area (Å²) in [6, 6.07) is 0. The van der Waals surface area contributed by atoms with E-state index in [9.17, 15) is 9.90 Å². The van der Waals surface area contributed by atoms with Gasteiger partial charge in [-0.3, -0.25) is 0 Å². The number of aldehydes is 1. The van der Waals surface area contributed by atoms with Crippen molar-refractivity contribution >= 4 is 6.29 Å². The van der Waals surface area contributed by atoms with Gasteiger partial charge in [0.1, 0.15) is 24.4 Å². The average molecular weight is 208 g/mol. The van der Waals surface area contributed by atoms with Crippen molar-refractivity contribution in [1.82, 2.24) is 0 Å². The van der Waals surface area contributed by atoms with Crippen LogP contribution in [0, 0.1) is 0 Å². The lowest BCUT2D eigenvalue weighted by atomic mass is 10.0. The molecule has 0 unspecified atom stereocenters. The highest BCUT2D eigenvalue weighted by molar-refractivity contribution is 5.56. The zero-order valence-corrected chi connectivity index (χ0v) is 8.16. The topological polar surface area (TPSA) is 96.2 Å². The maximum absolute atomic E-state index is 10.3. The minimum atomic E-state index is -1.45. The molecule has 84 valence electrons. The van der Waals surface area contributed by atoms with E-state index in [0.29, 0.717) is 0 Å². The Morgan fingerprint density at radius 2 is 1.86 bits per heavy atom. The van der Waals surface area contributed by atoms with Crippen LogP contribution in [0.2, 0.25) is 0 Å². The Bertz CT molecular complexity index is 158. The Morgan fingerprint density at radius 1 is 1.29 bits per heavy atom. The van der Waals surface area contributed by atoms with Gasteiger partial charge in [0.2, 0.25) is 0 Å². The van der Waals surface area contributed by atoms with Gasteiger partial charge in [-0.25, -0.2) is 0 Å². The second-order valence-corrected chi connectivity index (χ2v) is 2.77. The predicted molar refractivity (Wildman–Crippen MR) is 46.8 cm³/mol. The first-order valence-electron chi connectivity index (χ1n) is 4.10. The van der Waals surface area contributed by atoms with Crippen LogP contribution in [0.4, 0.5) is 0 Å². The number of ether oxygens (including phenoxy) is 2. The summed E-state index contributed by atoms with van der Waals surface area (Å²) in [6.07, 6.45) is -4.46. The van der Waals surface area contributed by atoms with Gasteiger partial charge in [0.25, 0.3) is 0 Å². The van der Waals surface area contributed by atoms with Crippen molar-refractivity contribution in [2.24, 2.45) is 0 Å². The molecular formula is C8H16O6. The molecule has 0 aromatic rings. The molecule has 0 rings (SSSR count). The average Bonchev–Trinajstić information content (AvgIpc) is 2.20. The van der Waals surface area contributed by atoms with Crippen LogP contribution in [-0.4, -0.2) is 66.8 Å². The van der Waals surface area contributed by atoms with E-state index in [4.69, 9.17) is 19.7 Å². The first-order chi connectivity index (χ1) is 6.62. The lowest BCUT2D eigenvalue weighted by molar-refractivity contribution is -0.147. The van der Waals surface area contributed by atoms with Crippen molar-refractivity contribution < 1.29 is 29.6 Å². The van der Waals surface area contributed by atoms with Crippen LogP contribution in [0.1, 0.15) is 0 Å². The van der Waals surface area contributed by atoms with Crippen LogP contribution in [0.5, 0.6) is 0 Å². The summed E-state index contributed by atoms with van der Waals surface area (Å²) in [5.41, 5.74) is 0. The van der Waals surface area contributed by atoms with E-state index in [1.807, 2.05) is 0 Å². The van der Waals surface area contributed by atoms with Crippen LogP contribution in [0.25, 0.3) is 0 Å². The fraction of sp³-hybridized carbons (Fsp3) is 0.875. The lowest BCUT2D eigenvalue weighted by Gasteiger charge is -2.27. The van der Waals surface area contributed by atoms with Gasteiger partial charge in [-0.2, -0.15) is 0 Å². The Labute approximate surface area is 82.1 Å². The Balaban J connectivity index is 4.42. The van der Waals surface area contributed by atoms with Crippen LogP contribution in [0.3, 0.4) is 0 Å². The van der Waals surface area contributed by atoms with Crippen molar-refractivity contribution in [1.29, 1.82) is 0 Å². The molecule has 14 heavy (non-hydrogen) atoms. The van der Waals surface area contributed by atoms with Gasteiger partial charge < -0.3 is 29.6 Å². The summed E-state index contributed by atoms with van der Waals surface area (Å²) in [5, 5.41) is 27.5. The zero-order chi connectivity index (χ0) is 11.1. The van der Waals surface area contributed by atoms with E-state index < -0.39 is 31.0 Å². The normalized spacial score (nSPS) is 19.8. The third kappa shape index (κ3) is 3.32. The van der Waals surface area contributed by atoms with Gasteiger partial charge in [0.05, 0.1) is 6.61 Å². The summed E-state index contributed by atoms with van der Waals surface area (Å²) in [4.78, 5) is 10.3. The van der Waals surface area contributed by atoms with Crippen molar-refractivity contribution in [3.63, 3.8) is 0 Å². The van der Waals surface area contributed by atoms with Crippen molar-refractivity contribution in [2.75, 3.05) is 20.8 Å². The number of methoxy groups -OCH3 is 2. The predicted octanol–water partition coefficient (Wildman–Crippen LogP) is -2.07. The SMILES string of the molecule is CO[C@@H]([C@H](O)[C@@H](CO)OC)[C@@H](O)C=O. The van der Waals surface area contributed by atoms with E-state index >= 15 is 0 Å². The minimum absolute atomic E-state index is 0.251. The quantitative estimate of drug-likeness (QED) is 0.416. The monoisotopic (exact) mass is 208 g/mol. The molecule has 0 aromatic heterocycles. The van der Waals surface area contributed by atoms with Gasteiger partial charge in [-0.1, -0.05) is 0 Å². The summed E-state index contributed by atoms with van der Waals surface area (Å²) < 4.78 is 9.46. The zero-order valence-electron chi connectivity index (χ0n) is 8.16. The number of rotatable bonds is 7. The lowest BCUT2D eigenvalue weighted by Crippen LogP contribution is -2.48. The molecule has 6 nitrogen and oxygen atoms in total. The molecule has 0 radical (unpaired) electrons. The van der Waals surface area contributed by atoms with Crippen molar-refractivity contribution in [3.05, 3.63) is 0 Å². The third-order valence-corrected chi connectivity index (χ3v) is 1.95. The number of aliphatic hydroxyl groups excluding tert-OH is 3. The molecule has 0 saturated carbocycles. The molecule has 4 atom stereocenters. The molecule has 0 aliphatic carbocycles. The standard InChI is InChI=1S/C8H16O6/c1-13-6(4-10)7(12)8(14-2)5(11)3-9/h3,5-8,10-12H,4H2,1-2H3/t5-,6+,7+,8+/m0/s1. The molecular weight excluding hydrogens is 192 g/mol. The highest BCUT2D eigenvalue weighted by Crippen LogP contribution is 2.09. The summed E-state index contributed by atoms with van der Waals surface area (Å²) in [7, 11) is 2.54. The highest BCUT2D eigenvalue weighted by Gasteiger charge is 2.32. The number of hydrogen-bond acceptors (Lipinski definition) is 6. The molecule has 0 aliphatic heterocycles. The summed E-state index contributed by atoms with van der Waals surface area (Å²) in [6.45, 7) is -0.427. The summed E-state index contributed by atoms with van der Waals surface area (Å²) >= 11 is 0. The molecule has 0 amide bonds. The van der Waals surface area contributed by atoms with E-state index in [1.54, 1.807) is 0 Å². The molecule has 3 N–H and O–H groups in total. The molecule has 0 saturated heterocycles. The number of aliphatic hydroxyl groups is 3. The van der Waals surface area contributed by atoms with Crippen LogP contribution >= 0.6 is 0 Å². The maximum Gasteiger partial charge on any atom is 0.151 e. The van der Waals surface area contributed by atoms with Gasteiger partial charge in [0.15, 0.2) is 6.29 Å². The largest absolute Gasteiger partial charge is 0.394 e. The van der Waals surface area contributed by atoms with Crippen molar-refractivity contribution in [3.8, 4) is 0 Å². The smallest absolute Gasteiger partial charge is 0.151 e. The van der Waals surface area contributed by atoms with Crippen LogP contribution < -0.4 is 0 Å². The maximum atomic E-state index is 10.3. The first-order valence-corrected chi connectivity index (χ1v) is 4.10. The Kier molecular flexibility index (Phi) is 6.60. The molecule has 0 aliphatic rings. The van der Waals surface area contributed by atoms with Crippen LogP contribution in [-0.2, 0) is 14.3 Å².